The molecule has 1 aromatic carbocycles. The van der Waals surface area contributed by atoms with Crippen LogP contribution in [0.4, 0.5) is 14.6 Å². The van der Waals surface area contributed by atoms with Gasteiger partial charge in [-0.25, -0.2) is 13.5 Å². The first-order valence-electron chi connectivity index (χ1n) is 7.88. The first-order valence-corrected chi connectivity index (χ1v) is 7.88. The van der Waals surface area contributed by atoms with E-state index in [4.69, 9.17) is 4.74 Å². The molecule has 3 rings (SSSR count). The zero-order valence-corrected chi connectivity index (χ0v) is 13.8. The summed E-state index contributed by atoms with van der Waals surface area (Å²) < 4.78 is 33.1. The number of rotatable bonds is 4. The molecular formula is C17H17F2N3O3. The van der Waals surface area contributed by atoms with Crippen molar-refractivity contribution in [2.45, 2.75) is 32.7 Å². The molecular weight excluding hydrogens is 332 g/mol. The second-order valence-electron chi connectivity index (χ2n) is 5.79. The molecule has 25 heavy (non-hydrogen) atoms. The highest BCUT2D eigenvalue weighted by molar-refractivity contribution is 5.94. The van der Waals surface area contributed by atoms with Crippen LogP contribution < -0.4 is 5.32 Å². The number of nitrogens with zero attached hydrogens (tertiary/aromatic N) is 2. The van der Waals surface area contributed by atoms with Gasteiger partial charge in [0.1, 0.15) is 12.4 Å². The average molecular weight is 349 g/mol. The normalized spacial score (nSPS) is 16.3. The molecule has 2 aromatic rings. The number of esters is 1. The molecule has 8 heteroatoms. The van der Waals surface area contributed by atoms with Crippen molar-refractivity contribution >= 4 is 17.7 Å². The quantitative estimate of drug-likeness (QED) is 0.861. The minimum atomic E-state index is -0.971. The summed E-state index contributed by atoms with van der Waals surface area (Å²) in [6, 6.07) is 3.58. The fourth-order valence-corrected chi connectivity index (χ4v) is 3.07. The minimum absolute atomic E-state index is 0.0873. The molecule has 0 saturated heterocycles. The van der Waals surface area contributed by atoms with Crippen molar-refractivity contribution in [3.63, 3.8) is 0 Å². The van der Waals surface area contributed by atoms with E-state index in [1.165, 1.54) is 10.7 Å². The summed E-state index contributed by atoms with van der Waals surface area (Å²) in [4.78, 5) is 23.8. The zero-order valence-electron chi connectivity index (χ0n) is 13.8. The highest BCUT2D eigenvalue weighted by atomic mass is 19.2. The molecule has 0 aliphatic carbocycles. The van der Waals surface area contributed by atoms with E-state index in [0.717, 1.165) is 12.1 Å². The van der Waals surface area contributed by atoms with Crippen molar-refractivity contribution in [2.24, 2.45) is 0 Å². The number of aromatic nitrogens is 2. The summed E-state index contributed by atoms with van der Waals surface area (Å²) in [7, 11) is 0. The van der Waals surface area contributed by atoms with Crippen LogP contribution in [0.2, 0.25) is 0 Å². The molecule has 0 radical (unpaired) electrons. The van der Waals surface area contributed by atoms with Crippen molar-refractivity contribution in [3.05, 3.63) is 46.7 Å². The number of aryl methyl sites for hydroxylation is 1. The van der Waals surface area contributed by atoms with Crippen molar-refractivity contribution in [3.8, 4) is 0 Å². The summed E-state index contributed by atoms with van der Waals surface area (Å²) in [6.07, 6.45) is 0.0873. The standard InChI is InChI=1S/C17H17F2N3O3/c1-3-25-15(24)8-22-17-16(9(2)21-22)11(7-14(23)20-17)10-4-5-12(18)13(19)6-10/h4-6,11H,3,7-8H2,1-2H3,(H,20,23). The molecule has 132 valence electrons. The summed E-state index contributed by atoms with van der Waals surface area (Å²) >= 11 is 0. The molecule has 1 atom stereocenters. The average Bonchev–Trinajstić information content (AvgIpc) is 2.85. The van der Waals surface area contributed by atoms with Gasteiger partial charge in [-0.2, -0.15) is 5.10 Å². The second kappa shape index (κ2) is 6.62. The SMILES string of the molecule is CCOC(=O)Cn1nc(C)c2c1NC(=O)CC2c1ccc(F)c(F)c1. The summed E-state index contributed by atoms with van der Waals surface area (Å²) in [6.45, 7) is 3.54. The number of hydrogen-bond donors (Lipinski definition) is 1. The third kappa shape index (κ3) is 3.24. The lowest BCUT2D eigenvalue weighted by atomic mass is 9.86. The Bertz CT molecular complexity index is 848. The van der Waals surface area contributed by atoms with Gasteiger partial charge in [0.15, 0.2) is 11.6 Å². The lowest BCUT2D eigenvalue weighted by Crippen LogP contribution is -2.26. The van der Waals surface area contributed by atoms with Crippen LogP contribution in [0.1, 0.15) is 36.1 Å². The molecule has 1 aromatic heterocycles. The molecule has 1 N–H and O–H groups in total. The van der Waals surface area contributed by atoms with Crippen LogP contribution in [-0.2, 0) is 20.9 Å². The van der Waals surface area contributed by atoms with Crippen LogP contribution >= 0.6 is 0 Å². The Morgan fingerprint density at radius 3 is 2.84 bits per heavy atom. The first kappa shape index (κ1) is 17.1. The number of amides is 1. The summed E-state index contributed by atoms with van der Waals surface area (Å²) in [5, 5.41) is 7.01. The highest BCUT2D eigenvalue weighted by Gasteiger charge is 2.33. The van der Waals surface area contributed by atoms with Crippen LogP contribution in [0.25, 0.3) is 0 Å². The van der Waals surface area contributed by atoms with Gasteiger partial charge in [-0.1, -0.05) is 6.07 Å². The third-order valence-corrected chi connectivity index (χ3v) is 4.10. The maximum Gasteiger partial charge on any atom is 0.327 e. The van der Waals surface area contributed by atoms with E-state index >= 15 is 0 Å². The van der Waals surface area contributed by atoms with Gasteiger partial charge < -0.3 is 10.1 Å². The van der Waals surface area contributed by atoms with Gasteiger partial charge in [-0.15, -0.1) is 0 Å². The number of carbonyl (C=O) groups excluding carboxylic acids is 2. The van der Waals surface area contributed by atoms with Gasteiger partial charge in [-0.3, -0.25) is 9.59 Å². The molecule has 1 amide bonds. The van der Waals surface area contributed by atoms with Gasteiger partial charge in [0.25, 0.3) is 0 Å². The lowest BCUT2D eigenvalue weighted by molar-refractivity contribution is -0.144. The van der Waals surface area contributed by atoms with E-state index in [9.17, 15) is 18.4 Å². The first-order chi connectivity index (χ1) is 11.9. The third-order valence-electron chi connectivity index (χ3n) is 4.10. The minimum Gasteiger partial charge on any atom is -0.465 e. The summed E-state index contributed by atoms with van der Waals surface area (Å²) in [5.74, 6) is -2.75. The van der Waals surface area contributed by atoms with E-state index in [-0.39, 0.29) is 25.5 Å². The van der Waals surface area contributed by atoms with Crippen LogP contribution in [0.3, 0.4) is 0 Å². The largest absolute Gasteiger partial charge is 0.465 e. The molecule has 6 nitrogen and oxygen atoms in total. The van der Waals surface area contributed by atoms with Crippen molar-refractivity contribution < 1.29 is 23.1 Å². The second-order valence-corrected chi connectivity index (χ2v) is 5.79. The van der Waals surface area contributed by atoms with Gasteiger partial charge in [-0.05, 0) is 31.5 Å². The Morgan fingerprint density at radius 1 is 1.40 bits per heavy atom. The van der Waals surface area contributed by atoms with E-state index in [1.807, 2.05) is 0 Å². The predicted molar refractivity (Wildman–Crippen MR) is 85.0 cm³/mol. The van der Waals surface area contributed by atoms with E-state index in [0.29, 0.717) is 22.6 Å². The van der Waals surface area contributed by atoms with Crippen LogP contribution in [-0.4, -0.2) is 28.3 Å². The Balaban J connectivity index is 2.03. The number of nitrogens with one attached hydrogen (secondary N) is 1. The maximum atomic E-state index is 13.6. The number of ether oxygens (including phenoxy) is 1. The number of hydrogen-bond acceptors (Lipinski definition) is 4. The number of anilines is 1. The van der Waals surface area contributed by atoms with Gasteiger partial charge in [0.2, 0.25) is 5.91 Å². The number of fused-ring (bicyclic) bond motifs is 1. The molecule has 0 saturated carbocycles. The Hall–Kier alpha value is -2.77. The van der Waals surface area contributed by atoms with Crippen molar-refractivity contribution in [1.29, 1.82) is 0 Å². The van der Waals surface area contributed by atoms with E-state index in [2.05, 4.69) is 10.4 Å². The maximum absolute atomic E-state index is 13.6. The van der Waals surface area contributed by atoms with E-state index < -0.39 is 23.5 Å². The van der Waals surface area contributed by atoms with E-state index in [1.54, 1.807) is 13.8 Å². The van der Waals surface area contributed by atoms with Crippen molar-refractivity contribution in [1.82, 2.24) is 9.78 Å². The number of halogens is 2. The lowest BCUT2D eigenvalue weighted by Gasteiger charge is -2.24. The van der Waals surface area contributed by atoms with Gasteiger partial charge >= 0.3 is 5.97 Å². The van der Waals surface area contributed by atoms with Gasteiger partial charge in [0, 0.05) is 17.9 Å². The van der Waals surface area contributed by atoms with Gasteiger partial charge in [0.05, 0.1) is 12.3 Å². The molecule has 1 unspecified atom stereocenters. The number of benzene rings is 1. The van der Waals surface area contributed by atoms with Crippen LogP contribution in [0, 0.1) is 18.6 Å². The predicted octanol–water partition coefficient (Wildman–Crippen LogP) is 2.51. The molecule has 0 fully saturated rings. The Kier molecular flexibility index (Phi) is 4.52. The molecule has 1 aliphatic rings. The molecule has 2 heterocycles. The molecule has 1 aliphatic heterocycles. The topological polar surface area (TPSA) is 73.2 Å². The van der Waals surface area contributed by atoms with Crippen LogP contribution in [0.15, 0.2) is 18.2 Å². The van der Waals surface area contributed by atoms with Crippen LogP contribution in [0.5, 0.6) is 0 Å². The smallest absolute Gasteiger partial charge is 0.327 e. The Labute approximate surface area is 142 Å². The fraction of sp³-hybridized carbons (Fsp3) is 0.353. The Morgan fingerprint density at radius 2 is 2.16 bits per heavy atom. The fourth-order valence-electron chi connectivity index (χ4n) is 3.07. The molecule has 0 spiro atoms. The number of carbonyl (C=O) groups is 2. The molecule has 0 bridgehead atoms. The highest BCUT2D eigenvalue weighted by Crippen LogP contribution is 2.39. The monoisotopic (exact) mass is 349 g/mol. The van der Waals surface area contributed by atoms with Crippen molar-refractivity contribution in [2.75, 3.05) is 11.9 Å². The zero-order chi connectivity index (χ0) is 18.1. The summed E-state index contributed by atoms with van der Waals surface area (Å²) in [5.41, 5.74) is 1.78.